The molecule has 0 atom stereocenters. The minimum atomic E-state index is 0.0427. The molecule has 2 aliphatic rings. The molecule has 1 aromatic rings. The predicted octanol–water partition coefficient (Wildman–Crippen LogP) is 2.21. The number of piperazine rings is 1. The Morgan fingerprint density at radius 1 is 1.29 bits per heavy atom. The van der Waals surface area contributed by atoms with E-state index in [1.165, 1.54) is 5.56 Å². The number of benzene rings is 1. The van der Waals surface area contributed by atoms with Crippen molar-refractivity contribution >= 4 is 11.6 Å². The summed E-state index contributed by atoms with van der Waals surface area (Å²) >= 11 is 0. The number of nitrogens with one attached hydrogen (secondary N) is 1. The number of amides is 1. The van der Waals surface area contributed by atoms with Gasteiger partial charge in [0.25, 0.3) is 5.91 Å². The van der Waals surface area contributed by atoms with Crippen molar-refractivity contribution in [1.29, 1.82) is 0 Å². The van der Waals surface area contributed by atoms with E-state index < -0.39 is 0 Å². The van der Waals surface area contributed by atoms with Crippen molar-refractivity contribution in [2.24, 2.45) is 0 Å². The lowest BCUT2D eigenvalue weighted by molar-refractivity contribution is 0.0310. The molecule has 1 aromatic carbocycles. The van der Waals surface area contributed by atoms with E-state index in [1.807, 2.05) is 17.0 Å². The van der Waals surface area contributed by atoms with Crippen LogP contribution in [0.3, 0.4) is 0 Å². The van der Waals surface area contributed by atoms with Gasteiger partial charge in [-0.05, 0) is 51.4 Å². The Hall–Kier alpha value is -1.55. The highest BCUT2D eigenvalue weighted by atomic mass is 16.2. The second kappa shape index (κ2) is 5.34. The van der Waals surface area contributed by atoms with Crippen molar-refractivity contribution in [2.75, 3.05) is 38.5 Å². The van der Waals surface area contributed by atoms with Crippen molar-refractivity contribution in [2.45, 2.75) is 32.2 Å². The summed E-state index contributed by atoms with van der Waals surface area (Å²) in [6.07, 6.45) is 2.10. The first-order valence-electron chi connectivity index (χ1n) is 7.85. The van der Waals surface area contributed by atoms with E-state index in [2.05, 4.69) is 37.2 Å². The van der Waals surface area contributed by atoms with Crippen molar-refractivity contribution < 1.29 is 4.79 Å². The molecular formula is C17H25N3O. The van der Waals surface area contributed by atoms with Gasteiger partial charge in [0, 0.05) is 43.0 Å². The zero-order chi connectivity index (χ0) is 15.0. The average molecular weight is 287 g/mol. The molecule has 0 saturated carbocycles. The fourth-order valence-corrected chi connectivity index (χ4v) is 3.29. The van der Waals surface area contributed by atoms with E-state index in [0.717, 1.165) is 50.3 Å². The maximum absolute atomic E-state index is 12.9. The summed E-state index contributed by atoms with van der Waals surface area (Å²) in [5, 5.41) is 3.41. The van der Waals surface area contributed by atoms with Gasteiger partial charge in [-0.1, -0.05) is 6.07 Å². The Morgan fingerprint density at radius 3 is 2.86 bits per heavy atom. The Kier molecular flexibility index (Phi) is 3.66. The Labute approximate surface area is 127 Å². The van der Waals surface area contributed by atoms with Crippen molar-refractivity contribution in [3.63, 3.8) is 0 Å². The van der Waals surface area contributed by atoms with Crippen molar-refractivity contribution in [3.8, 4) is 0 Å². The number of anilines is 1. The second-order valence-electron chi connectivity index (χ2n) is 6.82. The number of carbonyl (C=O) groups is 1. The van der Waals surface area contributed by atoms with Gasteiger partial charge in [-0.25, -0.2) is 0 Å². The molecule has 4 heteroatoms. The van der Waals surface area contributed by atoms with Gasteiger partial charge in [0.15, 0.2) is 0 Å². The Bertz CT molecular complexity index is 553. The average Bonchev–Trinajstić information content (AvgIpc) is 2.48. The van der Waals surface area contributed by atoms with Crippen LogP contribution < -0.4 is 5.32 Å². The number of hydrogen-bond donors (Lipinski definition) is 1. The monoisotopic (exact) mass is 287 g/mol. The van der Waals surface area contributed by atoms with Crippen molar-refractivity contribution in [3.05, 3.63) is 29.3 Å². The molecule has 0 aliphatic carbocycles. The first-order chi connectivity index (χ1) is 9.99. The number of carbonyl (C=O) groups excluding carboxylic acids is 1. The third-order valence-electron chi connectivity index (χ3n) is 4.93. The topological polar surface area (TPSA) is 35.6 Å². The Balaban J connectivity index is 1.86. The maximum atomic E-state index is 12.9. The molecule has 1 N–H and O–H groups in total. The van der Waals surface area contributed by atoms with Crippen LogP contribution in [0.15, 0.2) is 18.2 Å². The molecule has 3 rings (SSSR count). The summed E-state index contributed by atoms with van der Waals surface area (Å²) in [5.41, 5.74) is 3.27. The molecule has 0 aromatic heterocycles. The van der Waals surface area contributed by atoms with Crippen LogP contribution >= 0.6 is 0 Å². The summed E-state index contributed by atoms with van der Waals surface area (Å²) < 4.78 is 0. The summed E-state index contributed by atoms with van der Waals surface area (Å²) in [7, 11) is 2.14. The zero-order valence-corrected chi connectivity index (χ0v) is 13.3. The molecule has 0 radical (unpaired) electrons. The lowest BCUT2D eigenvalue weighted by atomic mass is 9.95. The summed E-state index contributed by atoms with van der Waals surface area (Å²) in [6, 6.07) is 6.06. The molecule has 0 bridgehead atoms. The highest BCUT2D eigenvalue weighted by Gasteiger charge is 2.34. The van der Waals surface area contributed by atoms with Gasteiger partial charge in [-0.3, -0.25) is 9.69 Å². The van der Waals surface area contributed by atoms with E-state index in [4.69, 9.17) is 0 Å². The van der Waals surface area contributed by atoms with E-state index in [-0.39, 0.29) is 11.4 Å². The Morgan fingerprint density at radius 2 is 2.10 bits per heavy atom. The minimum Gasteiger partial charge on any atom is -0.385 e. The molecule has 2 heterocycles. The zero-order valence-electron chi connectivity index (χ0n) is 13.3. The SMILES string of the molecule is CN1CCN(C(=O)c2cccc3c2CCCN3)CC1(C)C. The van der Waals surface area contributed by atoms with Gasteiger partial charge in [-0.15, -0.1) is 0 Å². The maximum Gasteiger partial charge on any atom is 0.254 e. The molecule has 2 aliphatic heterocycles. The molecule has 4 nitrogen and oxygen atoms in total. The smallest absolute Gasteiger partial charge is 0.254 e. The van der Waals surface area contributed by atoms with Gasteiger partial charge < -0.3 is 10.2 Å². The molecule has 114 valence electrons. The van der Waals surface area contributed by atoms with Gasteiger partial charge in [0.1, 0.15) is 0 Å². The van der Waals surface area contributed by atoms with Gasteiger partial charge >= 0.3 is 0 Å². The van der Waals surface area contributed by atoms with Crippen LogP contribution in [-0.4, -0.2) is 54.5 Å². The van der Waals surface area contributed by atoms with Crippen LogP contribution in [0.1, 0.15) is 36.2 Å². The molecule has 1 fully saturated rings. The van der Waals surface area contributed by atoms with E-state index in [1.54, 1.807) is 0 Å². The first kappa shape index (κ1) is 14.4. The van der Waals surface area contributed by atoms with E-state index in [9.17, 15) is 4.79 Å². The quantitative estimate of drug-likeness (QED) is 0.860. The number of nitrogens with zero attached hydrogens (tertiary/aromatic N) is 2. The first-order valence-corrected chi connectivity index (χ1v) is 7.85. The standard InChI is InChI=1S/C17H25N3O/c1-17(2)12-20(11-10-19(17)3)16(21)14-6-4-8-15-13(14)7-5-9-18-15/h4,6,8,18H,5,7,9-12H2,1-3H3. The number of rotatable bonds is 1. The number of fused-ring (bicyclic) bond motifs is 1. The summed E-state index contributed by atoms with van der Waals surface area (Å²) in [5.74, 6) is 0.191. The normalized spacial score (nSPS) is 21.6. The summed E-state index contributed by atoms with van der Waals surface area (Å²) in [4.78, 5) is 17.3. The molecule has 0 unspecified atom stereocenters. The van der Waals surface area contributed by atoms with E-state index in [0.29, 0.717) is 0 Å². The highest BCUT2D eigenvalue weighted by Crippen LogP contribution is 2.28. The highest BCUT2D eigenvalue weighted by molar-refractivity contribution is 5.97. The number of hydrogen-bond acceptors (Lipinski definition) is 3. The van der Waals surface area contributed by atoms with Crippen molar-refractivity contribution in [1.82, 2.24) is 9.80 Å². The van der Waals surface area contributed by atoms with Crippen LogP contribution in [0, 0.1) is 0 Å². The third-order valence-corrected chi connectivity index (χ3v) is 4.93. The lowest BCUT2D eigenvalue weighted by Crippen LogP contribution is -2.58. The molecule has 21 heavy (non-hydrogen) atoms. The fourth-order valence-electron chi connectivity index (χ4n) is 3.29. The lowest BCUT2D eigenvalue weighted by Gasteiger charge is -2.45. The largest absolute Gasteiger partial charge is 0.385 e. The fraction of sp³-hybridized carbons (Fsp3) is 0.588. The molecule has 1 amide bonds. The van der Waals surface area contributed by atoms with Crippen LogP contribution in [0.25, 0.3) is 0 Å². The second-order valence-corrected chi connectivity index (χ2v) is 6.82. The van der Waals surface area contributed by atoms with Crippen LogP contribution in [0.2, 0.25) is 0 Å². The minimum absolute atomic E-state index is 0.0427. The number of likely N-dealkylation sites (N-methyl/N-ethyl adjacent to an activating group) is 1. The third kappa shape index (κ3) is 2.64. The van der Waals surface area contributed by atoms with Gasteiger partial charge in [-0.2, -0.15) is 0 Å². The van der Waals surface area contributed by atoms with Crippen LogP contribution in [0.4, 0.5) is 5.69 Å². The predicted molar refractivity (Wildman–Crippen MR) is 85.9 cm³/mol. The molecule has 0 spiro atoms. The van der Waals surface area contributed by atoms with Crippen LogP contribution in [0.5, 0.6) is 0 Å². The van der Waals surface area contributed by atoms with Gasteiger partial charge in [0.05, 0.1) is 0 Å². The van der Waals surface area contributed by atoms with E-state index >= 15 is 0 Å². The summed E-state index contributed by atoms with van der Waals surface area (Å²) in [6.45, 7) is 7.95. The molecular weight excluding hydrogens is 262 g/mol. The molecule has 1 saturated heterocycles. The van der Waals surface area contributed by atoms with Gasteiger partial charge in [0.2, 0.25) is 0 Å². The van der Waals surface area contributed by atoms with Crippen LogP contribution in [-0.2, 0) is 6.42 Å².